The third-order valence-electron chi connectivity index (χ3n) is 3.11. The van der Waals surface area contributed by atoms with E-state index in [4.69, 9.17) is 0 Å². The van der Waals surface area contributed by atoms with Gasteiger partial charge in [0.1, 0.15) is 0 Å². The molecule has 0 heterocycles. The fraction of sp³-hybridized carbons (Fsp3) is 0.462. The third-order valence-corrected chi connectivity index (χ3v) is 4.59. The Morgan fingerprint density at radius 1 is 1.25 bits per heavy atom. The summed E-state index contributed by atoms with van der Waals surface area (Å²) >= 11 is 0. The lowest BCUT2D eigenvalue weighted by molar-refractivity contribution is -0.384. The molecule has 0 saturated carbocycles. The van der Waals surface area contributed by atoms with Crippen molar-refractivity contribution in [2.24, 2.45) is 0 Å². The molecule has 1 aromatic rings. The van der Waals surface area contributed by atoms with Crippen LogP contribution in [0.3, 0.4) is 0 Å². The van der Waals surface area contributed by atoms with E-state index in [1.807, 2.05) is 0 Å². The molecule has 0 aliphatic rings. The SMILES string of the molecule is CNCCN(C)C(=O)CCNS(=O)(=O)c1ccc([N+](=O)[O-])cc1.Cl. The first-order valence-electron chi connectivity index (χ1n) is 6.90. The van der Waals surface area contributed by atoms with Gasteiger partial charge in [-0.05, 0) is 19.2 Å². The van der Waals surface area contributed by atoms with Crippen LogP contribution in [0.5, 0.6) is 0 Å². The van der Waals surface area contributed by atoms with Crippen LogP contribution in [0.4, 0.5) is 5.69 Å². The minimum absolute atomic E-state index is 0. The molecule has 24 heavy (non-hydrogen) atoms. The van der Waals surface area contributed by atoms with E-state index in [2.05, 4.69) is 10.0 Å². The van der Waals surface area contributed by atoms with Crippen molar-refractivity contribution in [1.82, 2.24) is 14.9 Å². The van der Waals surface area contributed by atoms with Crippen LogP contribution < -0.4 is 10.0 Å². The second kappa shape index (κ2) is 10.2. The fourth-order valence-electron chi connectivity index (χ4n) is 1.72. The summed E-state index contributed by atoms with van der Waals surface area (Å²) in [4.78, 5) is 23.1. The molecule has 136 valence electrons. The lowest BCUT2D eigenvalue weighted by atomic mass is 10.3. The molecule has 0 unspecified atom stereocenters. The Balaban J connectivity index is 0.00000529. The number of nitro benzene ring substituents is 1. The van der Waals surface area contributed by atoms with Crippen molar-refractivity contribution in [3.63, 3.8) is 0 Å². The van der Waals surface area contributed by atoms with Gasteiger partial charge in [-0.1, -0.05) is 0 Å². The topological polar surface area (TPSA) is 122 Å². The van der Waals surface area contributed by atoms with Crippen LogP contribution in [0.15, 0.2) is 29.2 Å². The van der Waals surface area contributed by atoms with Crippen molar-refractivity contribution in [2.75, 3.05) is 33.7 Å². The average Bonchev–Trinajstić information content (AvgIpc) is 2.52. The van der Waals surface area contributed by atoms with E-state index in [0.717, 1.165) is 24.3 Å². The van der Waals surface area contributed by atoms with Gasteiger partial charge in [-0.2, -0.15) is 0 Å². The van der Waals surface area contributed by atoms with Crippen molar-refractivity contribution in [3.05, 3.63) is 34.4 Å². The van der Waals surface area contributed by atoms with E-state index in [9.17, 15) is 23.3 Å². The van der Waals surface area contributed by atoms with Gasteiger partial charge in [0.25, 0.3) is 5.69 Å². The lowest BCUT2D eigenvalue weighted by Gasteiger charge is -2.16. The number of rotatable bonds is 9. The number of nitrogens with zero attached hydrogens (tertiary/aromatic N) is 2. The predicted molar refractivity (Wildman–Crippen MR) is 91.7 cm³/mol. The monoisotopic (exact) mass is 380 g/mol. The smallest absolute Gasteiger partial charge is 0.269 e. The van der Waals surface area contributed by atoms with Gasteiger partial charge in [0.2, 0.25) is 15.9 Å². The largest absolute Gasteiger partial charge is 0.344 e. The molecule has 9 nitrogen and oxygen atoms in total. The third kappa shape index (κ3) is 6.79. The van der Waals surface area contributed by atoms with E-state index in [0.29, 0.717) is 13.1 Å². The van der Waals surface area contributed by atoms with Crippen LogP contribution >= 0.6 is 12.4 Å². The van der Waals surface area contributed by atoms with Crippen molar-refractivity contribution in [1.29, 1.82) is 0 Å². The van der Waals surface area contributed by atoms with Crippen LogP contribution in [0.2, 0.25) is 0 Å². The van der Waals surface area contributed by atoms with E-state index >= 15 is 0 Å². The van der Waals surface area contributed by atoms with E-state index in [1.165, 1.54) is 4.90 Å². The van der Waals surface area contributed by atoms with Crippen LogP contribution in [-0.4, -0.2) is 57.9 Å². The van der Waals surface area contributed by atoms with Crippen LogP contribution in [0, 0.1) is 10.1 Å². The number of nitro groups is 1. The molecular formula is C13H21ClN4O5S. The molecule has 1 aromatic carbocycles. The Kier molecular flexibility index (Phi) is 9.44. The molecule has 0 aromatic heterocycles. The summed E-state index contributed by atoms with van der Waals surface area (Å²) in [6.45, 7) is 1.14. The Morgan fingerprint density at radius 2 is 1.83 bits per heavy atom. The van der Waals surface area contributed by atoms with Gasteiger partial charge in [-0.3, -0.25) is 14.9 Å². The highest BCUT2D eigenvalue weighted by atomic mass is 35.5. The van der Waals surface area contributed by atoms with Gasteiger partial charge in [0, 0.05) is 45.2 Å². The van der Waals surface area contributed by atoms with Gasteiger partial charge >= 0.3 is 0 Å². The van der Waals surface area contributed by atoms with Gasteiger partial charge in [0.15, 0.2) is 0 Å². The molecular weight excluding hydrogens is 360 g/mol. The Labute approximate surface area is 147 Å². The maximum atomic E-state index is 12.0. The molecule has 0 atom stereocenters. The van der Waals surface area contributed by atoms with Crippen molar-refractivity contribution in [3.8, 4) is 0 Å². The van der Waals surface area contributed by atoms with Gasteiger partial charge in [-0.25, -0.2) is 13.1 Å². The number of hydrogen-bond donors (Lipinski definition) is 2. The van der Waals surface area contributed by atoms with Gasteiger partial charge in [0.05, 0.1) is 9.82 Å². The molecule has 0 aliphatic carbocycles. The van der Waals surface area contributed by atoms with Crippen LogP contribution in [-0.2, 0) is 14.8 Å². The highest BCUT2D eigenvalue weighted by Crippen LogP contribution is 2.15. The Morgan fingerprint density at radius 3 is 2.33 bits per heavy atom. The molecule has 2 N–H and O–H groups in total. The zero-order chi connectivity index (χ0) is 17.5. The highest BCUT2D eigenvalue weighted by Gasteiger charge is 2.16. The van der Waals surface area contributed by atoms with Crippen LogP contribution in [0.1, 0.15) is 6.42 Å². The Bertz CT molecular complexity index is 651. The number of likely N-dealkylation sites (N-methyl/N-ethyl adjacent to an activating group) is 2. The highest BCUT2D eigenvalue weighted by molar-refractivity contribution is 7.89. The van der Waals surface area contributed by atoms with Crippen molar-refractivity contribution < 1.29 is 18.1 Å². The molecule has 0 spiro atoms. The number of non-ortho nitro benzene ring substituents is 1. The molecule has 0 bridgehead atoms. The normalized spacial score (nSPS) is 10.8. The summed E-state index contributed by atoms with van der Waals surface area (Å²) in [5.74, 6) is -0.174. The Hall–Kier alpha value is -1.75. The first-order chi connectivity index (χ1) is 10.8. The summed E-state index contributed by atoms with van der Waals surface area (Å²) in [7, 11) is -0.379. The number of hydrogen-bond acceptors (Lipinski definition) is 6. The second-order valence-corrected chi connectivity index (χ2v) is 6.58. The molecule has 11 heteroatoms. The van der Waals surface area contributed by atoms with Crippen molar-refractivity contribution >= 4 is 34.0 Å². The minimum Gasteiger partial charge on any atom is -0.344 e. The summed E-state index contributed by atoms with van der Waals surface area (Å²) < 4.78 is 26.3. The summed E-state index contributed by atoms with van der Waals surface area (Å²) in [5.41, 5.74) is -0.190. The predicted octanol–water partition coefficient (Wildman–Crippen LogP) is 0.363. The first-order valence-corrected chi connectivity index (χ1v) is 8.39. The standard InChI is InChI=1S/C13H20N4O5S.ClH/c1-14-9-10-16(2)13(18)7-8-15-23(21,22)12-5-3-11(4-6-12)17(19)20;/h3-6,14-15H,7-10H2,1-2H3;1H. The quantitative estimate of drug-likeness (QED) is 0.471. The fourth-order valence-corrected chi connectivity index (χ4v) is 2.75. The number of sulfonamides is 1. The maximum Gasteiger partial charge on any atom is 0.269 e. The van der Waals surface area contributed by atoms with E-state index in [1.54, 1.807) is 14.1 Å². The molecule has 1 rings (SSSR count). The van der Waals surface area contributed by atoms with Crippen LogP contribution in [0.25, 0.3) is 0 Å². The second-order valence-electron chi connectivity index (χ2n) is 4.82. The number of carbonyl (C=O) groups excluding carboxylic acids is 1. The molecule has 0 radical (unpaired) electrons. The first kappa shape index (κ1) is 22.2. The van der Waals surface area contributed by atoms with Gasteiger partial charge < -0.3 is 10.2 Å². The summed E-state index contributed by atoms with van der Waals surface area (Å²) in [5, 5.41) is 13.5. The average molecular weight is 381 g/mol. The number of benzene rings is 1. The lowest BCUT2D eigenvalue weighted by Crippen LogP contribution is -2.35. The summed E-state index contributed by atoms with van der Waals surface area (Å²) in [6.07, 6.45) is 0.0342. The molecule has 1 amide bonds. The number of carbonyl (C=O) groups is 1. The summed E-state index contributed by atoms with van der Waals surface area (Å²) in [6, 6.07) is 4.54. The van der Waals surface area contributed by atoms with Crippen molar-refractivity contribution in [2.45, 2.75) is 11.3 Å². The molecule has 0 fully saturated rings. The maximum absolute atomic E-state index is 12.0. The molecule has 0 saturated heterocycles. The number of nitrogens with one attached hydrogen (secondary N) is 2. The van der Waals surface area contributed by atoms with Gasteiger partial charge in [-0.15, -0.1) is 12.4 Å². The number of halogens is 1. The zero-order valence-corrected chi connectivity index (χ0v) is 15.0. The molecule has 0 aliphatic heterocycles. The van der Waals surface area contributed by atoms with E-state index in [-0.39, 0.29) is 41.9 Å². The number of amides is 1. The zero-order valence-electron chi connectivity index (χ0n) is 13.4. The van der Waals surface area contributed by atoms with E-state index < -0.39 is 14.9 Å². The minimum atomic E-state index is -3.80.